The van der Waals surface area contributed by atoms with Gasteiger partial charge in [-0.1, -0.05) is 29.4 Å². The number of nitrogens with zero attached hydrogens (tertiary/aromatic N) is 2. The molecule has 2 aromatic rings. The van der Waals surface area contributed by atoms with E-state index in [2.05, 4.69) is 5.16 Å². The Hall–Kier alpha value is -2.10. The summed E-state index contributed by atoms with van der Waals surface area (Å²) >= 11 is 0. The van der Waals surface area contributed by atoms with Crippen molar-refractivity contribution in [1.82, 2.24) is 10.1 Å². The molecular formula is C17H20N2O2. The third-order valence-electron chi connectivity index (χ3n) is 4.15. The molecule has 0 N–H and O–H groups in total. The van der Waals surface area contributed by atoms with Gasteiger partial charge in [-0.05, 0) is 37.8 Å². The fourth-order valence-corrected chi connectivity index (χ4v) is 2.97. The van der Waals surface area contributed by atoms with E-state index in [0.29, 0.717) is 6.42 Å². The lowest BCUT2D eigenvalue weighted by Crippen LogP contribution is -2.31. The van der Waals surface area contributed by atoms with Crippen LogP contribution in [0.2, 0.25) is 0 Å². The Balaban J connectivity index is 1.76. The summed E-state index contributed by atoms with van der Waals surface area (Å²) in [7, 11) is 0. The zero-order valence-corrected chi connectivity index (χ0v) is 12.5. The first-order valence-electron chi connectivity index (χ1n) is 7.42. The number of hydrogen-bond donors (Lipinski definition) is 0. The van der Waals surface area contributed by atoms with Crippen molar-refractivity contribution in [3.05, 3.63) is 52.9 Å². The molecule has 2 heterocycles. The van der Waals surface area contributed by atoms with Gasteiger partial charge < -0.3 is 9.42 Å². The van der Waals surface area contributed by atoms with E-state index in [1.54, 1.807) is 0 Å². The number of carbonyl (C=O) groups excluding carboxylic acids is 1. The van der Waals surface area contributed by atoms with Crippen LogP contribution in [0.1, 0.15) is 41.5 Å². The second-order valence-corrected chi connectivity index (χ2v) is 5.72. The van der Waals surface area contributed by atoms with Crippen molar-refractivity contribution in [1.29, 1.82) is 0 Å². The first-order valence-corrected chi connectivity index (χ1v) is 7.42. The molecular weight excluding hydrogens is 264 g/mol. The zero-order chi connectivity index (χ0) is 14.8. The lowest BCUT2D eigenvalue weighted by molar-refractivity contribution is -0.131. The highest BCUT2D eigenvalue weighted by atomic mass is 16.5. The van der Waals surface area contributed by atoms with E-state index in [-0.39, 0.29) is 11.9 Å². The topological polar surface area (TPSA) is 46.3 Å². The molecule has 0 radical (unpaired) electrons. The molecule has 0 bridgehead atoms. The molecule has 1 aromatic carbocycles. The third-order valence-corrected chi connectivity index (χ3v) is 4.15. The van der Waals surface area contributed by atoms with E-state index >= 15 is 0 Å². The third kappa shape index (κ3) is 2.84. The Morgan fingerprint density at radius 2 is 2.19 bits per heavy atom. The number of aryl methyl sites for hydroxylation is 2. The van der Waals surface area contributed by atoms with Gasteiger partial charge in [-0.25, -0.2) is 0 Å². The quantitative estimate of drug-likeness (QED) is 0.869. The summed E-state index contributed by atoms with van der Waals surface area (Å²) in [5, 5.41) is 3.94. The van der Waals surface area contributed by atoms with Gasteiger partial charge in [0.15, 0.2) is 5.76 Å². The van der Waals surface area contributed by atoms with Crippen LogP contribution in [-0.2, 0) is 11.2 Å². The summed E-state index contributed by atoms with van der Waals surface area (Å²) in [6, 6.07) is 10.0. The maximum absolute atomic E-state index is 12.6. The standard InChI is InChI=1S/C17H20N2O2/c1-12-6-3-4-7-14(12)11-17(20)19-9-5-8-15(19)16-10-13(2)18-21-16/h3-4,6-7,10,15H,5,8-9,11H2,1-2H3/t15-/m1/s1. The van der Waals surface area contributed by atoms with Gasteiger partial charge in [-0.15, -0.1) is 0 Å². The van der Waals surface area contributed by atoms with Crippen molar-refractivity contribution in [2.75, 3.05) is 6.54 Å². The maximum Gasteiger partial charge on any atom is 0.227 e. The Bertz CT molecular complexity index is 648. The molecule has 0 spiro atoms. The molecule has 4 nitrogen and oxygen atoms in total. The monoisotopic (exact) mass is 284 g/mol. The van der Waals surface area contributed by atoms with Crippen molar-refractivity contribution in [3.63, 3.8) is 0 Å². The van der Waals surface area contributed by atoms with Gasteiger partial charge in [-0.2, -0.15) is 0 Å². The lowest BCUT2D eigenvalue weighted by Gasteiger charge is -2.23. The fourth-order valence-electron chi connectivity index (χ4n) is 2.97. The highest BCUT2D eigenvalue weighted by Gasteiger charge is 2.32. The number of benzene rings is 1. The van der Waals surface area contributed by atoms with Crippen LogP contribution in [0.5, 0.6) is 0 Å². The molecule has 1 fully saturated rings. The summed E-state index contributed by atoms with van der Waals surface area (Å²) in [6.07, 6.45) is 2.42. The van der Waals surface area contributed by atoms with Gasteiger partial charge in [-0.3, -0.25) is 4.79 Å². The highest BCUT2D eigenvalue weighted by Crippen LogP contribution is 2.32. The van der Waals surface area contributed by atoms with E-state index < -0.39 is 0 Å². The molecule has 0 saturated carbocycles. The van der Waals surface area contributed by atoms with Crippen molar-refractivity contribution in [3.8, 4) is 0 Å². The van der Waals surface area contributed by atoms with Crippen LogP contribution >= 0.6 is 0 Å². The van der Waals surface area contributed by atoms with Crippen molar-refractivity contribution >= 4 is 5.91 Å². The number of likely N-dealkylation sites (tertiary alicyclic amines) is 1. The summed E-state index contributed by atoms with van der Waals surface area (Å²) in [4.78, 5) is 14.6. The van der Waals surface area contributed by atoms with E-state index in [1.807, 2.05) is 49.1 Å². The molecule has 1 amide bonds. The van der Waals surface area contributed by atoms with Gasteiger partial charge in [0.05, 0.1) is 18.2 Å². The Kier molecular flexibility index (Phi) is 3.78. The minimum absolute atomic E-state index is 0.0442. The minimum atomic E-state index is 0.0442. The summed E-state index contributed by atoms with van der Waals surface area (Å²) in [5.74, 6) is 0.976. The number of carbonyl (C=O) groups is 1. The second kappa shape index (κ2) is 5.72. The first-order chi connectivity index (χ1) is 10.1. The number of hydrogen-bond acceptors (Lipinski definition) is 3. The summed E-state index contributed by atoms with van der Waals surface area (Å²) in [5.41, 5.74) is 3.13. The van der Waals surface area contributed by atoms with E-state index in [9.17, 15) is 4.79 Å². The van der Waals surface area contributed by atoms with Crippen LogP contribution in [0.25, 0.3) is 0 Å². The molecule has 110 valence electrons. The Morgan fingerprint density at radius 3 is 2.90 bits per heavy atom. The van der Waals surface area contributed by atoms with Gasteiger partial charge >= 0.3 is 0 Å². The Morgan fingerprint density at radius 1 is 1.38 bits per heavy atom. The number of aromatic nitrogens is 1. The smallest absolute Gasteiger partial charge is 0.227 e. The zero-order valence-electron chi connectivity index (χ0n) is 12.5. The van der Waals surface area contributed by atoms with Crippen LogP contribution in [0, 0.1) is 13.8 Å². The summed E-state index contributed by atoms with van der Waals surface area (Å²) < 4.78 is 5.36. The molecule has 0 unspecified atom stereocenters. The van der Waals surface area contributed by atoms with Crippen LogP contribution < -0.4 is 0 Å². The molecule has 4 heteroatoms. The number of rotatable bonds is 3. The molecule has 0 aliphatic carbocycles. The lowest BCUT2D eigenvalue weighted by atomic mass is 10.0. The first kappa shape index (κ1) is 13.9. The second-order valence-electron chi connectivity index (χ2n) is 5.72. The average Bonchev–Trinajstić information content (AvgIpc) is 3.09. The fraction of sp³-hybridized carbons (Fsp3) is 0.412. The number of amides is 1. The van der Waals surface area contributed by atoms with Gasteiger partial charge in [0.1, 0.15) is 0 Å². The predicted molar refractivity (Wildman–Crippen MR) is 79.8 cm³/mol. The molecule has 1 aliphatic heterocycles. The maximum atomic E-state index is 12.6. The van der Waals surface area contributed by atoms with Gasteiger partial charge in [0, 0.05) is 12.6 Å². The molecule has 3 rings (SSSR count). The average molecular weight is 284 g/mol. The Labute approximate surface area is 124 Å². The summed E-state index contributed by atoms with van der Waals surface area (Å²) in [6.45, 7) is 4.75. The van der Waals surface area contributed by atoms with Crippen molar-refractivity contribution < 1.29 is 9.32 Å². The van der Waals surface area contributed by atoms with Crippen molar-refractivity contribution in [2.45, 2.75) is 39.2 Å². The molecule has 21 heavy (non-hydrogen) atoms. The minimum Gasteiger partial charge on any atom is -0.359 e. The van der Waals surface area contributed by atoms with Crippen LogP contribution in [0.15, 0.2) is 34.9 Å². The molecule has 1 aromatic heterocycles. The normalized spacial score (nSPS) is 18.2. The molecule has 1 saturated heterocycles. The van der Waals surface area contributed by atoms with Crippen LogP contribution in [0.3, 0.4) is 0 Å². The van der Waals surface area contributed by atoms with Gasteiger partial charge in [0.2, 0.25) is 5.91 Å². The largest absolute Gasteiger partial charge is 0.359 e. The predicted octanol–water partition coefficient (Wildman–Crippen LogP) is 3.20. The van der Waals surface area contributed by atoms with Crippen molar-refractivity contribution in [2.24, 2.45) is 0 Å². The van der Waals surface area contributed by atoms with Crippen LogP contribution in [-0.4, -0.2) is 22.5 Å². The van der Waals surface area contributed by atoms with E-state index in [4.69, 9.17) is 4.52 Å². The van der Waals surface area contributed by atoms with E-state index in [0.717, 1.165) is 42.0 Å². The molecule has 1 atom stereocenters. The van der Waals surface area contributed by atoms with Crippen LogP contribution in [0.4, 0.5) is 0 Å². The van der Waals surface area contributed by atoms with E-state index in [1.165, 1.54) is 0 Å². The molecule has 1 aliphatic rings. The van der Waals surface area contributed by atoms with Gasteiger partial charge in [0.25, 0.3) is 0 Å². The SMILES string of the molecule is Cc1cc([C@H]2CCCN2C(=O)Cc2ccccc2C)on1. The highest BCUT2D eigenvalue weighted by molar-refractivity contribution is 5.79.